The van der Waals surface area contributed by atoms with Gasteiger partial charge in [-0.3, -0.25) is 14.4 Å². The molecule has 0 aromatic carbocycles. The average molecular weight is 520 g/mol. The maximum atomic E-state index is 12.6. The van der Waals surface area contributed by atoms with E-state index < -0.39 is 11.7 Å². The third kappa shape index (κ3) is 5.68. The van der Waals surface area contributed by atoms with Crippen LogP contribution in [-0.2, 0) is 20.5 Å². The van der Waals surface area contributed by atoms with E-state index in [1.807, 2.05) is 12.1 Å². The molecule has 176 valence electrons. The zero-order valence-corrected chi connectivity index (χ0v) is 19.7. The molecule has 33 heavy (non-hydrogen) atoms. The molecule has 0 fully saturated rings. The molecule has 4 rings (SSSR count). The van der Waals surface area contributed by atoms with Crippen LogP contribution in [0.3, 0.4) is 0 Å². The van der Waals surface area contributed by atoms with Crippen molar-refractivity contribution in [3.05, 3.63) is 44.6 Å². The van der Waals surface area contributed by atoms with Crippen LogP contribution < -0.4 is 10.2 Å². The molecular weight excluding hydrogens is 503 g/mol. The summed E-state index contributed by atoms with van der Waals surface area (Å²) in [6, 6.07) is 4.54. The topological polar surface area (TPSA) is 90.3 Å². The Hall–Kier alpha value is -2.57. The monoisotopic (exact) mass is 519 g/mol. The van der Waals surface area contributed by atoms with E-state index in [0.717, 1.165) is 33.2 Å². The van der Waals surface area contributed by atoms with Gasteiger partial charge in [0.25, 0.3) is 0 Å². The second-order valence-corrected chi connectivity index (χ2v) is 9.07. The molecule has 13 heteroatoms. The first-order chi connectivity index (χ1) is 15.4. The normalized spacial score (nSPS) is 12.6. The summed E-state index contributed by atoms with van der Waals surface area (Å²) in [5, 5.41) is 1.98. The second-order valence-electron chi connectivity index (χ2n) is 6.89. The van der Waals surface area contributed by atoms with Crippen molar-refractivity contribution in [2.75, 3.05) is 13.7 Å². The number of nitrogens with one attached hydrogen (secondary N) is 1. The van der Waals surface area contributed by atoms with Crippen LogP contribution >= 0.6 is 35.6 Å². The Balaban J connectivity index is 0.000000221. The van der Waals surface area contributed by atoms with E-state index in [-0.39, 0.29) is 39.3 Å². The number of esters is 1. The molecule has 2 aliphatic rings. The number of amides is 1. The van der Waals surface area contributed by atoms with Crippen molar-refractivity contribution in [1.82, 2.24) is 14.9 Å². The lowest BCUT2D eigenvalue weighted by Gasteiger charge is -2.09. The van der Waals surface area contributed by atoms with Crippen molar-refractivity contribution < 1.29 is 27.5 Å². The van der Waals surface area contributed by atoms with Crippen molar-refractivity contribution in [3.63, 3.8) is 0 Å². The van der Waals surface area contributed by atoms with Crippen LogP contribution in [0.15, 0.2) is 29.2 Å². The van der Waals surface area contributed by atoms with E-state index in [2.05, 4.69) is 27.7 Å². The maximum Gasteiger partial charge on any atom is 0.417 e. The maximum absolute atomic E-state index is 12.6. The highest BCUT2D eigenvalue weighted by Gasteiger charge is 2.32. The molecule has 1 amide bonds. The molecule has 0 saturated heterocycles. The Kier molecular flexibility index (Phi) is 7.39. The number of fused-ring (bicyclic) bond motifs is 3. The van der Waals surface area contributed by atoms with Gasteiger partial charge in [-0.25, -0.2) is 9.55 Å². The molecule has 7 nitrogen and oxygen atoms in total. The number of halogens is 4. The van der Waals surface area contributed by atoms with Crippen LogP contribution in [0.4, 0.5) is 13.2 Å². The zero-order chi connectivity index (χ0) is 24.5. The predicted octanol–water partition coefficient (Wildman–Crippen LogP) is 4.08. The van der Waals surface area contributed by atoms with Gasteiger partial charge < -0.3 is 10.1 Å². The average Bonchev–Trinajstić information content (AvgIpc) is 3.29. The van der Waals surface area contributed by atoms with Crippen LogP contribution in [0, 0.1) is 0 Å². The van der Waals surface area contributed by atoms with Gasteiger partial charge in [-0.1, -0.05) is 22.9 Å². The van der Waals surface area contributed by atoms with Gasteiger partial charge in [0, 0.05) is 18.3 Å². The van der Waals surface area contributed by atoms with Gasteiger partial charge in [0.05, 0.1) is 39.6 Å². The molecule has 1 atom stereocenters. The molecule has 2 heterocycles. The fraction of sp³-hybridized carbons (Fsp3) is 0.300. The number of carbonyl (C=O) groups excluding carboxylic acids is 2. The van der Waals surface area contributed by atoms with Crippen molar-refractivity contribution in [1.29, 1.82) is 0 Å². The number of aromatic nitrogens is 2. The Morgan fingerprint density at radius 2 is 2.03 bits per heavy atom. The predicted molar refractivity (Wildman–Crippen MR) is 122 cm³/mol. The molecule has 0 bridgehead atoms. The number of rotatable bonds is 5. The number of pyridine rings is 1. The standard InChI is InChI=1S/C13H4ClF3N2OS.C7H13NO3S/c14-8-3-6(13(15,16)17)4-18-11(8)19-10-7-1-5(7)2-9(10)21-12(19)20;1-5(12)7(10)8-4-3-6(9)11-2/h1-4H;5,12H,3-4H2,1-2H3,(H,8,10). The minimum Gasteiger partial charge on any atom is -0.469 e. The Labute approximate surface area is 199 Å². The first kappa shape index (κ1) is 25.1. The summed E-state index contributed by atoms with van der Waals surface area (Å²) in [6.07, 6.45) is -3.64. The Morgan fingerprint density at radius 1 is 1.33 bits per heavy atom. The zero-order valence-electron chi connectivity index (χ0n) is 17.2. The molecule has 2 aromatic heterocycles. The number of hydrogen-bond donors (Lipinski definition) is 2. The summed E-state index contributed by atoms with van der Waals surface area (Å²) in [5.41, 5.74) is 1.67. The number of hydrogen-bond acceptors (Lipinski definition) is 7. The molecule has 1 unspecified atom stereocenters. The van der Waals surface area contributed by atoms with Gasteiger partial charge >= 0.3 is 17.0 Å². The quantitative estimate of drug-likeness (QED) is 0.306. The van der Waals surface area contributed by atoms with Crippen LogP contribution in [0.2, 0.25) is 5.02 Å². The lowest BCUT2D eigenvalue weighted by Crippen LogP contribution is -2.31. The SMILES string of the molecule is COC(=O)CCNC(=O)C(C)S.O=c1sc2cc3cc-3c2n1-c1ncc(C(F)(F)F)cc1Cl. The van der Waals surface area contributed by atoms with Crippen LogP contribution in [0.1, 0.15) is 18.9 Å². The van der Waals surface area contributed by atoms with E-state index in [0.29, 0.717) is 18.3 Å². The van der Waals surface area contributed by atoms with Crippen molar-refractivity contribution in [2.45, 2.75) is 24.8 Å². The highest BCUT2D eigenvalue weighted by atomic mass is 35.5. The fourth-order valence-electron chi connectivity index (χ4n) is 2.81. The van der Waals surface area contributed by atoms with E-state index in [4.69, 9.17) is 11.6 Å². The third-order valence-corrected chi connectivity index (χ3v) is 5.90. The number of methoxy groups -OCH3 is 1. The first-order valence-electron chi connectivity index (χ1n) is 9.39. The third-order valence-electron chi connectivity index (χ3n) is 4.50. The lowest BCUT2D eigenvalue weighted by molar-refractivity contribution is -0.140. The molecule has 2 aliphatic carbocycles. The van der Waals surface area contributed by atoms with Crippen LogP contribution in [-0.4, -0.2) is 40.3 Å². The summed E-state index contributed by atoms with van der Waals surface area (Å²) in [6.45, 7) is 1.97. The largest absolute Gasteiger partial charge is 0.469 e. The smallest absolute Gasteiger partial charge is 0.417 e. The molecule has 0 radical (unpaired) electrons. The van der Waals surface area contributed by atoms with E-state index >= 15 is 0 Å². The molecule has 2 aromatic rings. The summed E-state index contributed by atoms with van der Waals surface area (Å²) < 4.78 is 44.3. The van der Waals surface area contributed by atoms with Gasteiger partial charge in [-0.05, 0) is 30.7 Å². The molecule has 0 aliphatic heterocycles. The first-order valence-corrected chi connectivity index (χ1v) is 11.1. The van der Waals surface area contributed by atoms with Crippen LogP contribution in [0.5, 0.6) is 0 Å². The van der Waals surface area contributed by atoms with Gasteiger partial charge in [-0.2, -0.15) is 25.8 Å². The number of ether oxygens (including phenoxy) is 1. The van der Waals surface area contributed by atoms with Crippen molar-refractivity contribution in [2.24, 2.45) is 0 Å². The number of carbonyl (C=O) groups is 2. The number of nitrogens with zero attached hydrogens (tertiary/aromatic N) is 2. The number of alkyl halides is 3. The number of benzene rings is 1. The van der Waals surface area contributed by atoms with Gasteiger partial charge in [-0.15, -0.1) is 0 Å². The van der Waals surface area contributed by atoms with E-state index in [1.54, 1.807) is 6.92 Å². The fourth-order valence-corrected chi connectivity index (χ4v) is 4.09. The van der Waals surface area contributed by atoms with Crippen LogP contribution in [0.25, 0.3) is 27.2 Å². The van der Waals surface area contributed by atoms with Crippen molar-refractivity contribution in [3.8, 4) is 16.9 Å². The number of thiol groups is 1. The molecular formula is C20H17ClF3N3O4S2. The summed E-state index contributed by atoms with van der Waals surface area (Å²) in [5.74, 6) is -0.487. The molecule has 1 N–H and O–H groups in total. The minimum atomic E-state index is -4.52. The van der Waals surface area contributed by atoms with E-state index in [9.17, 15) is 27.6 Å². The van der Waals surface area contributed by atoms with E-state index in [1.165, 1.54) is 11.7 Å². The summed E-state index contributed by atoms with van der Waals surface area (Å²) >= 11 is 10.8. The molecule has 0 saturated carbocycles. The number of thiazole rings is 1. The van der Waals surface area contributed by atoms with Crippen molar-refractivity contribution >= 4 is 57.7 Å². The molecule has 0 spiro atoms. The van der Waals surface area contributed by atoms with Gasteiger partial charge in [0.15, 0.2) is 5.82 Å². The Morgan fingerprint density at radius 3 is 2.61 bits per heavy atom. The highest BCUT2D eigenvalue weighted by Crippen LogP contribution is 2.45. The van der Waals surface area contributed by atoms with Gasteiger partial charge in [0.1, 0.15) is 0 Å². The van der Waals surface area contributed by atoms with Gasteiger partial charge in [0.2, 0.25) is 5.91 Å². The highest BCUT2D eigenvalue weighted by molar-refractivity contribution is 7.81. The minimum absolute atomic E-state index is 0.0228. The summed E-state index contributed by atoms with van der Waals surface area (Å²) in [7, 11) is 1.31. The second kappa shape index (κ2) is 9.74. The summed E-state index contributed by atoms with van der Waals surface area (Å²) in [4.78, 5) is 36.9. The Bertz CT molecular complexity index is 1290. The lowest BCUT2D eigenvalue weighted by atomic mass is 10.2.